The summed E-state index contributed by atoms with van der Waals surface area (Å²) in [6.45, 7) is 5.18. The number of hydrogen-bond acceptors (Lipinski definition) is 2. The van der Waals surface area contributed by atoms with Gasteiger partial charge in [-0.15, -0.1) is 0 Å². The monoisotopic (exact) mass is 350 g/mol. The Hall–Kier alpha value is -1.39. The van der Waals surface area contributed by atoms with Gasteiger partial charge in [0.05, 0.1) is 0 Å². The molecule has 0 spiro atoms. The average molecular weight is 351 g/mol. The van der Waals surface area contributed by atoms with Crippen LogP contribution >= 0.6 is 15.9 Å². The molecule has 4 heteroatoms. The summed E-state index contributed by atoms with van der Waals surface area (Å²) < 4.78 is 14.1. The van der Waals surface area contributed by atoms with E-state index in [1.54, 1.807) is 12.1 Å². The first-order chi connectivity index (χ1) is 10.0. The van der Waals surface area contributed by atoms with Crippen molar-refractivity contribution in [2.24, 2.45) is 0 Å². The Morgan fingerprint density at radius 2 is 1.76 bits per heavy atom. The van der Waals surface area contributed by atoms with Gasteiger partial charge in [-0.05, 0) is 55.4 Å². The van der Waals surface area contributed by atoms with Gasteiger partial charge in [0.25, 0.3) is 0 Å². The SMILES string of the molecule is CCNC(C)c1ccc(N(C)c2ccc(F)cc2)cc1Br. The highest BCUT2D eigenvalue weighted by Crippen LogP contribution is 2.31. The maximum Gasteiger partial charge on any atom is 0.123 e. The zero-order chi connectivity index (χ0) is 15.4. The van der Waals surface area contributed by atoms with Crippen LogP contribution in [0.4, 0.5) is 15.8 Å². The number of nitrogens with zero attached hydrogens (tertiary/aromatic N) is 1. The average Bonchev–Trinajstić information content (AvgIpc) is 2.47. The molecule has 2 aromatic carbocycles. The van der Waals surface area contributed by atoms with Gasteiger partial charge in [-0.1, -0.05) is 28.9 Å². The van der Waals surface area contributed by atoms with Crippen LogP contribution in [0.1, 0.15) is 25.5 Å². The van der Waals surface area contributed by atoms with E-state index in [0.717, 1.165) is 22.4 Å². The molecule has 0 fully saturated rings. The fraction of sp³-hybridized carbons (Fsp3) is 0.294. The van der Waals surface area contributed by atoms with Crippen molar-refractivity contribution in [3.63, 3.8) is 0 Å². The molecule has 1 atom stereocenters. The maximum absolute atomic E-state index is 13.0. The lowest BCUT2D eigenvalue weighted by atomic mass is 10.1. The summed E-state index contributed by atoms with van der Waals surface area (Å²) in [5.41, 5.74) is 3.24. The largest absolute Gasteiger partial charge is 0.345 e. The van der Waals surface area contributed by atoms with Gasteiger partial charge < -0.3 is 10.2 Å². The van der Waals surface area contributed by atoms with Crippen molar-refractivity contribution in [1.29, 1.82) is 0 Å². The van der Waals surface area contributed by atoms with E-state index in [1.165, 1.54) is 17.7 Å². The molecule has 0 saturated heterocycles. The highest BCUT2D eigenvalue weighted by atomic mass is 79.9. The minimum absolute atomic E-state index is 0.219. The molecule has 0 aliphatic carbocycles. The van der Waals surface area contributed by atoms with E-state index in [1.807, 2.05) is 11.9 Å². The summed E-state index contributed by atoms with van der Waals surface area (Å²) in [6, 6.07) is 13.1. The quantitative estimate of drug-likeness (QED) is 0.813. The third-order valence-corrected chi connectivity index (χ3v) is 4.25. The standard InChI is InChI=1S/C17H20BrFN2/c1-4-20-12(2)16-10-9-15(11-17(16)18)21(3)14-7-5-13(19)6-8-14/h5-12,20H,4H2,1-3H3. The van der Waals surface area contributed by atoms with Gasteiger partial charge in [0, 0.05) is 28.9 Å². The topological polar surface area (TPSA) is 15.3 Å². The predicted octanol–water partition coefficient (Wildman–Crippen LogP) is 5.03. The van der Waals surface area contributed by atoms with Crippen molar-refractivity contribution < 1.29 is 4.39 Å². The molecule has 0 radical (unpaired) electrons. The Morgan fingerprint density at radius 3 is 2.33 bits per heavy atom. The van der Waals surface area contributed by atoms with Crippen molar-refractivity contribution >= 4 is 27.3 Å². The van der Waals surface area contributed by atoms with E-state index in [-0.39, 0.29) is 5.82 Å². The molecule has 0 aliphatic heterocycles. The molecule has 0 aromatic heterocycles. The van der Waals surface area contributed by atoms with Crippen LogP contribution in [0.5, 0.6) is 0 Å². The van der Waals surface area contributed by atoms with Crippen molar-refractivity contribution in [2.45, 2.75) is 19.9 Å². The van der Waals surface area contributed by atoms with E-state index < -0.39 is 0 Å². The first kappa shape index (κ1) is 16.0. The normalized spacial score (nSPS) is 12.2. The molecule has 2 rings (SSSR count). The van der Waals surface area contributed by atoms with Crippen LogP contribution < -0.4 is 10.2 Å². The van der Waals surface area contributed by atoms with Crippen LogP contribution in [0.25, 0.3) is 0 Å². The van der Waals surface area contributed by atoms with Crippen molar-refractivity contribution in [3.8, 4) is 0 Å². The van der Waals surface area contributed by atoms with E-state index >= 15 is 0 Å². The summed E-state index contributed by atoms with van der Waals surface area (Å²) in [6.07, 6.45) is 0. The minimum atomic E-state index is -0.219. The van der Waals surface area contributed by atoms with Crippen molar-refractivity contribution in [1.82, 2.24) is 5.32 Å². The van der Waals surface area contributed by atoms with Gasteiger partial charge in [0.2, 0.25) is 0 Å². The van der Waals surface area contributed by atoms with Crippen molar-refractivity contribution in [3.05, 3.63) is 58.3 Å². The van der Waals surface area contributed by atoms with Crippen molar-refractivity contribution in [2.75, 3.05) is 18.5 Å². The number of anilines is 2. The molecule has 0 heterocycles. The lowest BCUT2D eigenvalue weighted by Crippen LogP contribution is -2.18. The molecule has 2 aromatic rings. The zero-order valence-electron chi connectivity index (χ0n) is 12.5. The zero-order valence-corrected chi connectivity index (χ0v) is 14.1. The number of nitrogens with one attached hydrogen (secondary N) is 1. The van der Waals surface area contributed by atoms with Gasteiger partial charge >= 0.3 is 0 Å². The maximum atomic E-state index is 13.0. The summed E-state index contributed by atoms with van der Waals surface area (Å²) >= 11 is 3.64. The second-order valence-electron chi connectivity index (χ2n) is 5.02. The summed E-state index contributed by atoms with van der Waals surface area (Å²) in [5, 5.41) is 3.40. The van der Waals surface area contributed by atoms with Gasteiger partial charge in [-0.2, -0.15) is 0 Å². The smallest absolute Gasteiger partial charge is 0.123 e. The second-order valence-corrected chi connectivity index (χ2v) is 5.87. The number of rotatable bonds is 5. The third kappa shape index (κ3) is 3.83. The second kappa shape index (κ2) is 7.05. The van der Waals surface area contributed by atoms with Gasteiger partial charge in [0.15, 0.2) is 0 Å². The summed E-state index contributed by atoms with van der Waals surface area (Å²) in [5.74, 6) is -0.219. The molecule has 0 aliphatic rings. The van der Waals surface area contributed by atoms with Gasteiger partial charge in [-0.25, -0.2) is 4.39 Å². The number of halogens is 2. The number of benzene rings is 2. The molecule has 0 bridgehead atoms. The Morgan fingerprint density at radius 1 is 1.14 bits per heavy atom. The number of hydrogen-bond donors (Lipinski definition) is 1. The van der Waals surface area contributed by atoms with Crippen LogP contribution in [-0.4, -0.2) is 13.6 Å². The Bertz CT molecular complexity index is 598. The van der Waals surface area contributed by atoms with E-state index in [2.05, 4.69) is 53.3 Å². The fourth-order valence-electron chi connectivity index (χ4n) is 2.31. The molecule has 0 amide bonds. The molecule has 1 N–H and O–H groups in total. The molecule has 1 unspecified atom stereocenters. The molecular formula is C17H20BrFN2. The lowest BCUT2D eigenvalue weighted by Gasteiger charge is -2.22. The third-order valence-electron chi connectivity index (χ3n) is 3.56. The molecule has 21 heavy (non-hydrogen) atoms. The molecule has 2 nitrogen and oxygen atoms in total. The van der Waals surface area contributed by atoms with E-state index in [9.17, 15) is 4.39 Å². The van der Waals surface area contributed by atoms with E-state index in [0.29, 0.717) is 6.04 Å². The minimum Gasteiger partial charge on any atom is -0.345 e. The van der Waals surface area contributed by atoms with Crippen LogP contribution in [-0.2, 0) is 0 Å². The predicted molar refractivity (Wildman–Crippen MR) is 90.7 cm³/mol. The Balaban J connectivity index is 2.25. The van der Waals surface area contributed by atoms with Crippen LogP contribution in [0, 0.1) is 5.82 Å². The lowest BCUT2D eigenvalue weighted by molar-refractivity contribution is 0.596. The summed E-state index contributed by atoms with van der Waals surface area (Å²) in [4.78, 5) is 2.03. The molecule has 112 valence electrons. The van der Waals surface area contributed by atoms with Crippen LogP contribution in [0.3, 0.4) is 0 Å². The van der Waals surface area contributed by atoms with Gasteiger partial charge in [0.1, 0.15) is 5.82 Å². The first-order valence-corrected chi connectivity index (χ1v) is 7.84. The Labute approximate surface area is 134 Å². The Kier molecular flexibility index (Phi) is 5.37. The highest BCUT2D eigenvalue weighted by molar-refractivity contribution is 9.10. The summed E-state index contributed by atoms with van der Waals surface area (Å²) in [7, 11) is 1.97. The molecular weight excluding hydrogens is 331 g/mol. The fourth-order valence-corrected chi connectivity index (χ4v) is 3.02. The van der Waals surface area contributed by atoms with Crippen LogP contribution in [0.2, 0.25) is 0 Å². The first-order valence-electron chi connectivity index (χ1n) is 7.05. The molecule has 0 saturated carbocycles. The van der Waals surface area contributed by atoms with Crippen LogP contribution in [0.15, 0.2) is 46.9 Å². The van der Waals surface area contributed by atoms with E-state index in [4.69, 9.17) is 0 Å². The highest BCUT2D eigenvalue weighted by Gasteiger charge is 2.11. The van der Waals surface area contributed by atoms with Gasteiger partial charge in [-0.3, -0.25) is 0 Å².